The van der Waals surface area contributed by atoms with Crippen molar-refractivity contribution < 1.29 is 18.0 Å². The summed E-state index contributed by atoms with van der Waals surface area (Å²) < 4.78 is 38.2. The van der Waals surface area contributed by atoms with Crippen LogP contribution in [-0.2, 0) is 17.4 Å². The first-order chi connectivity index (χ1) is 8.97. The van der Waals surface area contributed by atoms with E-state index in [4.69, 9.17) is 0 Å². The van der Waals surface area contributed by atoms with Crippen LogP contribution in [0.4, 0.5) is 18.9 Å². The van der Waals surface area contributed by atoms with E-state index in [1.165, 1.54) is 29.5 Å². The normalized spacial score (nSPS) is 11.3. The van der Waals surface area contributed by atoms with Crippen LogP contribution < -0.4 is 5.32 Å². The SMILES string of the molecule is O=C(Cc1ccsc1)Nc1ccccc1C(F)(F)F. The van der Waals surface area contributed by atoms with E-state index in [2.05, 4.69) is 5.32 Å². The van der Waals surface area contributed by atoms with Gasteiger partial charge in [-0.3, -0.25) is 4.79 Å². The molecule has 1 aromatic heterocycles. The smallest absolute Gasteiger partial charge is 0.325 e. The van der Waals surface area contributed by atoms with Gasteiger partial charge in [-0.25, -0.2) is 0 Å². The summed E-state index contributed by atoms with van der Waals surface area (Å²) in [5.41, 5.74) is -0.268. The molecule has 2 rings (SSSR count). The number of thiophene rings is 1. The molecule has 1 aromatic carbocycles. The van der Waals surface area contributed by atoms with Gasteiger partial charge >= 0.3 is 6.18 Å². The summed E-state index contributed by atoms with van der Waals surface area (Å²) in [4.78, 5) is 11.7. The Morgan fingerprint density at radius 1 is 1.21 bits per heavy atom. The molecule has 6 heteroatoms. The van der Waals surface area contributed by atoms with Gasteiger partial charge in [0.1, 0.15) is 0 Å². The van der Waals surface area contributed by atoms with E-state index >= 15 is 0 Å². The second kappa shape index (κ2) is 5.44. The number of hydrogen-bond donors (Lipinski definition) is 1. The maximum Gasteiger partial charge on any atom is 0.418 e. The lowest BCUT2D eigenvalue weighted by molar-refractivity contribution is -0.137. The van der Waals surface area contributed by atoms with Gasteiger partial charge in [0, 0.05) is 0 Å². The Kier molecular flexibility index (Phi) is 3.90. The van der Waals surface area contributed by atoms with Crippen molar-refractivity contribution in [2.75, 3.05) is 5.32 Å². The van der Waals surface area contributed by atoms with E-state index in [-0.39, 0.29) is 12.1 Å². The Labute approximate surface area is 111 Å². The average Bonchev–Trinajstić information content (AvgIpc) is 2.81. The van der Waals surface area contributed by atoms with Crippen molar-refractivity contribution in [3.63, 3.8) is 0 Å². The molecule has 0 aliphatic carbocycles. The third-order valence-electron chi connectivity index (χ3n) is 2.45. The number of carbonyl (C=O) groups is 1. The first-order valence-electron chi connectivity index (χ1n) is 5.44. The van der Waals surface area contributed by atoms with Crippen molar-refractivity contribution in [1.29, 1.82) is 0 Å². The van der Waals surface area contributed by atoms with Gasteiger partial charge in [-0.05, 0) is 34.5 Å². The van der Waals surface area contributed by atoms with Crippen molar-refractivity contribution in [3.05, 3.63) is 52.2 Å². The molecule has 0 aliphatic rings. The fourth-order valence-electron chi connectivity index (χ4n) is 1.61. The molecule has 1 N–H and O–H groups in total. The summed E-state index contributed by atoms with van der Waals surface area (Å²) >= 11 is 1.44. The van der Waals surface area contributed by atoms with Crippen molar-refractivity contribution in [2.24, 2.45) is 0 Å². The molecular weight excluding hydrogens is 275 g/mol. The van der Waals surface area contributed by atoms with E-state index in [1.54, 1.807) is 11.4 Å². The van der Waals surface area contributed by atoms with Crippen LogP contribution in [0.15, 0.2) is 41.1 Å². The summed E-state index contributed by atoms with van der Waals surface area (Å²) in [7, 11) is 0. The first-order valence-corrected chi connectivity index (χ1v) is 6.38. The number of carbonyl (C=O) groups excluding carboxylic acids is 1. The molecule has 0 atom stereocenters. The summed E-state index contributed by atoms with van der Waals surface area (Å²) in [6.07, 6.45) is -4.41. The monoisotopic (exact) mass is 285 g/mol. The minimum absolute atomic E-state index is 0.0652. The van der Waals surface area contributed by atoms with Crippen LogP contribution in [0.2, 0.25) is 0 Å². The predicted molar refractivity (Wildman–Crippen MR) is 68.1 cm³/mol. The molecule has 0 unspecified atom stereocenters. The highest BCUT2D eigenvalue weighted by Crippen LogP contribution is 2.34. The topological polar surface area (TPSA) is 29.1 Å². The number of hydrogen-bond acceptors (Lipinski definition) is 2. The van der Waals surface area contributed by atoms with Crippen LogP contribution in [-0.4, -0.2) is 5.91 Å². The van der Waals surface area contributed by atoms with Gasteiger partial charge in [-0.1, -0.05) is 12.1 Å². The van der Waals surface area contributed by atoms with Gasteiger partial charge < -0.3 is 5.32 Å². The largest absolute Gasteiger partial charge is 0.418 e. The number of nitrogens with one attached hydrogen (secondary N) is 1. The highest BCUT2D eigenvalue weighted by atomic mass is 32.1. The van der Waals surface area contributed by atoms with E-state index < -0.39 is 17.6 Å². The highest BCUT2D eigenvalue weighted by molar-refractivity contribution is 7.08. The van der Waals surface area contributed by atoms with Gasteiger partial charge in [-0.2, -0.15) is 24.5 Å². The molecule has 0 saturated heterocycles. The summed E-state index contributed by atoms with van der Waals surface area (Å²) in [5.74, 6) is -0.463. The van der Waals surface area contributed by atoms with E-state index in [1.807, 2.05) is 5.38 Å². The molecular formula is C13H10F3NOS. The summed E-state index contributed by atoms with van der Waals surface area (Å²) in [6.45, 7) is 0. The number of halogens is 3. The Bertz CT molecular complexity index is 564. The van der Waals surface area contributed by atoms with Crippen molar-refractivity contribution >= 4 is 22.9 Å². The third kappa shape index (κ3) is 3.57. The van der Waals surface area contributed by atoms with Crippen LogP contribution in [0.3, 0.4) is 0 Å². The second-order valence-electron chi connectivity index (χ2n) is 3.90. The number of rotatable bonds is 3. The van der Waals surface area contributed by atoms with Gasteiger partial charge in [0.2, 0.25) is 5.91 Å². The van der Waals surface area contributed by atoms with Crippen LogP contribution >= 0.6 is 11.3 Å². The molecule has 100 valence electrons. The Morgan fingerprint density at radius 2 is 1.95 bits per heavy atom. The van der Waals surface area contributed by atoms with Crippen LogP contribution in [0.25, 0.3) is 0 Å². The minimum Gasteiger partial charge on any atom is -0.325 e. The maximum absolute atomic E-state index is 12.7. The Morgan fingerprint density at radius 3 is 2.58 bits per heavy atom. The molecule has 2 aromatic rings. The van der Waals surface area contributed by atoms with Crippen molar-refractivity contribution in [1.82, 2.24) is 0 Å². The fraction of sp³-hybridized carbons (Fsp3) is 0.154. The molecule has 1 heterocycles. The quantitative estimate of drug-likeness (QED) is 0.909. The van der Waals surface area contributed by atoms with Crippen molar-refractivity contribution in [3.8, 4) is 0 Å². The summed E-state index contributed by atoms with van der Waals surface area (Å²) in [5, 5.41) is 5.90. The van der Waals surface area contributed by atoms with Crippen LogP contribution in [0, 0.1) is 0 Å². The highest BCUT2D eigenvalue weighted by Gasteiger charge is 2.33. The number of benzene rings is 1. The number of para-hydroxylation sites is 1. The van der Waals surface area contributed by atoms with Gasteiger partial charge in [-0.15, -0.1) is 0 Å². The zero-order valence-electron chi connectivity index (χ0n) is 9.70. The third-order valence-corrected chi connectivity index (χ3v) is 3.18. The predicted octanol–water partition coefficient (Wildman–Crippen LogP) is 3.95. The molecule has 0 radical (unpaired) electrons. The maximum atomic E-state index is 12.7. The van der Waals surface area contributed by atoms with Crippen LogP contribution in [0.1, 0.15) is 11.1 Å². The minimum atomic E-state index is -4.48. The fourth-order valence-corrected chi connectivity index (χ4v) is 2.28. The Hall–Kier alpha value is -1.82. The lowest BCUT2D eigenvalue weighted by Crippen LogP contribution is -2.17. The standard InChI is InChI=1S/C13H10F3NOS/c14-13(15,16)10-3-1-2-4-11(10)17-12(18)7-9-5-6-19-8-9/h1-6,8H,7H2,(H,17,18). The lowest BCUT2D eigenvalue weighted by Gasteiger charge is -2.13. The number of anilines is 1. The van der Waals surface area contributed by atoms with Gasteiger partial charge in [0.25, 0.3) is 0 Å². The first kappa shape index (κ1) is 13.6. The second-order valence-corrected chi connectivity index (χ2v) is 4.68. The lowest BCUT2D eigenvalue weighted by atomic mass is 10.1. The number of amides is 1. The van der Waals surface area contributed by atoms with E-state index in [0.717, 1.165) is 11.6 Å². The number of alkyl halides is 3. The molecule has 0 aliphatic heterocycles. The summed E-state index contributed by atoms with van der Waals surface area (Å²) in [6, 6.07) is 6.70. The van der Waals surface area contributed by atoms with E-state index in [9.17, 15) is 18.0 Å². The molecule has 0 fully saturated rings. The van der Waals surface area contributed by atoms with E-state index in [0.29, 0.717) is 0 Å². The molecule has 0 saturated carbocycles. The van der Waals surface area contributed by atoms with Crippen molar-refractivity contribution in [2.45, 2.75) is 12.6 Å². The molecule has 0 spiro atoms. The van der Waals surface area contributed by atoms with Gasteiger partial charge in [0.05, 0.1) is 17.7 Å². The average molecular weight is 285 g/mol. The van der Waals surface area contributed by atoms with Gasteiger partial charge in [0.15, 0.2) is 0 Å². The molecule has 2 nitrogen and oxygen atoms in total. The molecule has 19 heavy (non-hydrogen) atoms. The zero-order chi connectivity index (χ0) is 13.9. The molecule has 1 amide bonds. The Balaban J connectivity index is 2.13. The molecule has 0 bridgehead atoms. The zero-order valence-corrected chi connectivity index (χ0v) is 10.5. The van der Waals surface area contributed by atoms with Crippen LogP contribution in [0.5, 0.6) is 0 Å².